The van der Waals surface area contributed by atoms with E-state index in [-0.39, 0.29) is 23.8 Å². The van der Waals surface area contributed by atoms with E-state index in [1.807, 2.05) is 17.0 Å². The lowest BCUT2D eigenvalue weighted by Gasteiger charge is -2.42. The van der Waals surface area contributed by atoms with Crippen molar-refractivity contribution in [1.29, 1.82) is 0 Å². The van der Waals surface area contributed by atoms with Gasteiger partial charge in [-0.05, 0) is 37.0 Å². The molecule has 1 atom stereocenters. The van der Waals surface area contributed by atoms with E-state index in [1.165, 1.54) is 5.56 Å². The molecular weight excluding hydrogens is 304 g/mol. The van der Waals surface area contributed by atoms with Crippen LogP contribution in [-0.2, 0) is 16.0 Å². The Kier molecular flexibility index (Phi) is 5.07. The van der Waals surface area contributed by atoms with Crippen LogP contribution in [0.1, 0.15) is 32.3 Å². The molecule has 24 heavy (non-hydrogen) atoms. The molecule has 0 aliphatic carbocycles. The number of rotatable bonds is 4. The minimum Gasteiger partial charge on any atom is -0.487 e. The van der Waals surface area contributed by atoms with Crippen molar-refractivity contribution in [1.82, 2.24) is 9.80 Å². The van der Waals surface area contributed by atoms with E-state index in [2.05, 4.69) is 19.1 Å². The number of aryl methyl sites for hydroxylation is 1. The summed E-state index contributed by atoms with van der Waals surface area (Å²) in [6, 6.07) is 8.13. The molecule has 5 heteroatoms. The summed E-state index contributed by atoms with van der Waals surface area (Å²) < 4.78 is 5.96. The third-order valence-electron chi connectivity index (χ3n) is 4.99. The second kappa shape index (κ2) is 7.24. The summed E-state index contributed by atoms with van der Waals surface area (Å²) in [5.41, 5.74) is 1.26. The first kappa shape index (κ1) is 16.8. The number of amides is 2. The molecule has 2 heterocycles. The maximum absolute atomic E-state index is 12.6. The van der Waals surface area contributed by atoms with Crippen LogP contribution in [-0.4, -0.2) is 53.9 Å². The zero-order valence-electron chi connectivity index (χ0n) is 14.5. The zero-order chi connectivity index (χ0) is 17.1. The molecule has 1 unspecified atom stereocenters. The van der Waals surface area contributed by atoms with Crippen LogP contribution in [0.4, 0.5) is 0 Å². The lowest BCUT2D eigenvalue weighted by molar-refractivity contribution is -0.147. The third kappa shape index (κ3) is 3.71. The molecule has 0 spiro atoms. The van der Waals surface area contributed by atoms with Gasteiger partial charge in [-0.1, -0.05) is 19.1 Å². The van der Waals surface area contributed by atoms with Crippen LogP contribution in [0.15, 0.2) is 24.3 Å². The maximum atomic E-state index is 12.6. The number of ether oxygens (including phenoxy) is 1. The Bertz CT molecular complexity index is 610. The number of nitrogens with zero attached hydrogens (tertiary/aromatic N) is 2. The maximum Gasteiger partial charge on any atom is 0.227 e. The van der Waals surface area contributed by atoms with Crippen LogP contribution in [0.3, 0.4) is 0 Å². The Balaban J connectivity index is 1.49. The highest BCUT2D eigenvalue weighted by Gasteiger charge is 2.37. The van der Waals surface area contributed by atoms with Gasteiger partial charge in [0.2, 0.25) is 11.8 Å². The van der Waals surface area contributed by atoms with Crippen molar-refractivity contribution in [3.8, 4) is 5.75 Å². The molecule has 0 aromatic heterocycles. The van der Waals surface area contributed by atoms with Gasteiger partial charge in [0.25, 0.3) is 0 Å². The van der Waals surface area contributed by atoms with Crippen molar-refractivity contribution >= 4 is 11.8 Å². The number of likely N-dealkylation sites (tertiary alicyclic amines) is 2. The number of benzene rings is 1. The smallest absolute Gasteiger partial charge is 0.227 e. The molecule has 2 aliphatic rings. The molecule has 3 rings (SSSR count). The quantitative estimate of drug-likeness (QED) is 0.849. The Morgan fingerprint density at radius 3 is 2.71 bits per heavy atom. The molecule has 5 nitrogen and oxygen atoms in total. The van der Waals surface area contributed by atoms with Gasteiger partial charge in [0.15, 0.2) is 0 Å². The van der Waals surface area contributed by atoms with Gasteiger partial charge in [0, 0.05) is 20.0 Å². The van der Waals surface area contributed by atoms with Gasteiger partial charge < -0.3 is 14.5 Å². The number of carbonyl (C=O) groups is 2. The highest BCUT2D eigenvalue weighted by Crippen LogP contribution is 2.24. The molecule has 2 saturated heterocycles. The monoisotopic (exact) mass is 330 g/mol. The van der Waals surface area contributed by atoms with Gasteiger partial charge in [0.05, 0.1) is 19.0 Å². The fraction of sp³-hybridized carbons (Fsp3) is 0.579. The second-order valence-corrected chi connectivity index (χ2v) is 6.79. The number of piperidine rings is 1. The predicted molar refractivity (Wildman–Crippen MR) is 91.8 cm³/mol. The van der Waals surface area contributed by atoms with E-state index >= 15 is 0 Å². The Morgan fingerprint density at radius 2 is 2.00 bits per heavy atom. The molecule has 130 valence electrons. The number of hydrogen-bond acceptors (Lipinski definition) is 3. The molecule has 1 aromatic carbocycles. The van der Waals surface area contributed by atoms with Gasteiger partial charge in [0.1, 0.15) is 11.9 Å². The average molecular weight is 330 g/mol. The standard InChI is InChI=1S/C19H26N2O3/c1-3-15-6-4-8-17(10-15)24-18-12-21(13-18)19(23)16-7-5-9-20(11-16)14(2)22/h4,6,8,10,16,18H,3,5,7,9,11-13H2,1-2H3. The van der Waals surface area contributed by atoms with E-state index in [0.29, 0.717) is 19.6 Å². The summed E-state index contributed by atoms with van der Waals surface area (Å²) in [7, 11) is 0. The first-order valence-electron chi connectivity index (χ1n) is 8.86. The lowest BCUT2D eigenvalue weighted by Crippen LogP contribution is -2.59. The molecular formula is C19H26N2O3. The van der Waals surface area contributed by atoms with Crippen LogP contribution in [0.5, 0.6) is 5.75 Å². The van der Waals surface area contributed by atoms with E-state index in [1.54, 1.807) is 11.8 Å². The highest BCUT2D eigenvalue weighted by molar-refractivity contribution is 5.81. The van der Waals surface area contributed by atoms with E-state index in [0.717, 1.165) is 31.6 Å². The van der Waals surface area contributed by atoms with Crippen molar-refractivity contribution in [2.24, 2.45) is 5.92 Å². The summed E-state index contributed by atoms with van der Waals surface area (Å²) in [6.07, 6.45) is 2.85. The van der Waals surface area contributed by atoms with Crippen LogP contribution in [0.25, 0.3) is 0 Å². The Labute approximate surface area is 143 Å². The van der Waals surface area contributed by atoms with Crippen LogP contribution in [0, 0.1) is 5.92 Å². The van der Waals surface area contributed by atoms with Crippen molar-refractivity contribution in [2.75, 3.05) is 26.2 Å². The lowest BCUT2D eigenvalue weighted by atomic mass is 9.95. The third-order valence-corrected chi connectivity index (χ3v) is 4.99. The van der Waals surface area contributed by atoms with Crippen LogP contribution in [0.2, 0.25) is 0 Å². The average Bonchev–Trinajstić information content (AvgIpc) is 2.57. The largest absolute Gasteiger partial charge is 0.487 e. The normalized spacial score (nSPS) is 21.3. The number of carbonyl (C=O) groups excluding carboxylic acids is 2. The van der Waals surface area contributed by atoms with Crippen molar-refractivity contribution in [2.45, 2.75) is 39.2 Å². The van der Waals surface area contributed by atoms with E-state index in [4.69, 9.17) is 4.74 Å². The van der Waals surface area contributed by atoms with Crippen molar-refractivity contribution < 1.29 is 14.3 Å². The van der Waals surface area contributed by atoms with Crippen LogP contribution >= 0.6 is 0 Å². The zero-order valence-corrected chi connectivity index (χ0v) is 14.5. The van der Waals surface area contributed by atoms with Gasteiger partial charge in [-0.2, -0.15) is 0 Å². The number of hydrogen-bond donors (Lipinski definition) is 0. The summed E-state index contributed by atoms with van der Waals surface area (Å²) in [5.74, 6) is 1.06. The molecule has 2 fully saturated rings. The topological polar surface area (TPSA) is 49.9 Å². The first-order chi connectivity index (χ1) is 11.6. The minimum absolute atomic E-state index is 0.0491. The fourth-order valence-corrected chi connectivity index (χ4v) is 3.45. The van der Waals surface area contributed by atoms with E-state index < -0.39 is 0 Å². The SMILES string of the molecule is CCc1cccc(OC2CN(C(=O)C3CCCN(C(C)=O)C3)C2)c1. The minimum atomic E-state index is -0.0491. The van der Waals surface area contributed by atoms with Gasteiger partial charge in [-0.25, -0.2) is 0 Å². The predicted octanol–water partition coefficient (Wildman–Crippen LogP) is 2.10. The molecule has 0 radical (unpaired) electrons. The summed E-state index contributed by atoms with van der Waals surface area (Å²) in [6.45, 7) is 6.33. The summed E-state index contributed by atoms with van der Waals surface area (Å²) in [5, 5.41) is 0. The van der Waals surface area contributed by atoms with Crippen molar-refractivity contribution in [3.63, 3.8) is 0 Å². The van der Waals surface area contributed by atoms with Gasteiger partial charge in [-0.3, -0.25) is 9.59 Å². The Morgan fingerprint density at radius 1 is 1.21 bits per heavy atom. The molecule has 0 bridgehead atoms. The first-order valence-corrected chi connectivity index (χ1v) is 8.86. The highest BCUT2D eigenvalue weighted by atomic mass is 16.5. The molecule has 2 amide bonds. The molecule has 0 saturated carbocycles. The molecule has 0 N–H and O–H groups in total. The molecule has 2 aliphatic heterocycles. The van der Waals surface area contributed by atoms with Crippen LogP contribution < -0.4 is 4.74 Å². The summed E-state index contributed by atoms with van der Waals surface area (Å²) >= 11 is 0. The van der Waals surface area contributed by atoms with E-state index in [9.17, 15) is 9.59 Å². The fourth-order valence-electron chi connectivity index (χ4n) is 3.45. The van der Waals surface area contributed by atoms with Gasteiger partial charge >= 0.3 is 0 Å². The molecule has 1 aromatic rings. The second-order valence-electron chi connectivity index (χ2n) is 6.79. The van der Waals surface area contributed by atoms with Gasteiger partial charge in [-0.15, -0.1) is 0 Å². The Hall–Kier alpha value is -2.04. The summed E-state index contributed by atoms with van der Waals surface area (Å²) in [4.78, 5) is 27.7. The van der Waals surface area contributed by atoms with Crippen molar-refractivity contribution in [3.05, 3.63) is 29.8 Å².